The van der Waals surface area contributed by atoms with Crippen LogP contribution in [0.2, 0.25) is 0 Å². The molecule has 0 bridgehead atoms. The Morgan fingerprint density at radius 3 is 2.58 bits per heavy atom. The Balaban J connectivity index is 1.36. The number of nitro benzene ring substituents is 1. The number of fused-ring (bicyclic) bond motifs is 1. The second-order valence-corrected chi connectivity index (χ2v) is 8.42. The van der Waals surface area contributed by atoms with E-state index in [9.17, 15) is 14.9 Å². The Hall–Kier alpha value is -3.20. The van der Waals surface area contributed by atoms with E-state index in [0.717, 1.165) is 33.9 Å². The lowest BCUT2D eigenvalue weighted by molar-refractivity contribution is -0.384. The number of unbranched alkanes of at least 4 members (excludes halogenated alkanes) is 1. The van der Waals surface area contributed by atoms with Crippen LogP contribution in [0.1, 0.15) is 30.1 Å². The highest BCUT2D eigenvalue weighted by molar-refractivity contribution is 7.22. The summed E-state index contributed by atoms with van der Waals surface area (Å²) in [6.07, 6.45) is 2.09. The van der Waals surface area contributed by atoms with Gasteiger partial charge in [-0.15, -0.1) is 0 Å². The van der Waals surface area contributed by atoms with E-state index in [2.05, 4.69) is 16.8 Å². The number of nitrogens with zero attached hydrogens (tertiary/aromatic N) is 4. The summed E-state index contributed by atoms with van der Waals surface area (Å²) >= 11 is 1.44. The zero-order valence-corrected chi connectivity index (χ0v) is 18.1. The van der Waals surface area contributed by atoms with Crippen molar-refractivity contribution in [3.63, 3.8) is 0 Å². The largest absolute Gasteiger partial charge is 0.494 e. The number of anilines is 1. The molecule has 0 spiro atoms. The molecule has 0 saturated carbocycles. The van der Waals surface area contributed by atoms with Crippen molar-refractivity contribution in [2.24, 2.45) is 0 Å². The molecule has 0 aliphatic carbocycles. The third-order valence-corrected chi connectivity index (χ3v) is 6.36. The highest BCUT2D eigenvalue weighted by Crippen LogP contribution is 2.32. The van der Waals surface area contributed by atoms with Crippen molar-refractivity contribution in [3.05, 3.63) is 58.1 Å². The maximum absolute atomic E-state index is 12.8. The number of benzene rings is 2. The molecule has 31 heavy (non-hydrogen) atoms. The van der Waals surface area contributed by atoms with Gasteiger partial charge in [-0.2, -0.15) is 0 Å². The molecule has 0 atom stereocenters. The fourth-order valence-electron chi connectivity index (χ4n) is 3.46. The zero-order chi connectivity index (χ0) is 21.8. The molecule has 2 heterocycles. The minimum atomic E-state index is -0.396. The van der Waals surface area contributed by atoms with Gasteiger partial charge in [0, 0.05) is 43.9 Å². The Morgan fingerprint density at radius 1 is 1.16 bits per heavy atom. The number of carbonyl (C=O) groups is 1. The van der Waals surface area contributed by atoms with Crippen molar-refractivity contribution in [2.75, 3.05) is 37.7 Å². The first kappa shape index (κ1) is 21.0. The molecule has 1 fully saturated rings. The molecule has 1 aliphatic rings. The summed E-state index contributed by atoms with van der Waals surface area (Å²) in [5, 5.41) is 11.8. The molecule has 1 aliphatic heterocycles. The van der Waals surface area contributed by atoms with Crippen molar-refractivity contribution in [1.29, 1.82) is 0 Å². The number of aromatic nitrogens is 1. The van der Waals surface area contributed by atoms with E-state index >= 15 is 0 Å². The number of carbonyl (C=O) groups excluding carboxylic acids is 1. The molecule has 3 aromatic rings. The standard InChI is InChI=1S/C22H24N4O4S/c1-2-3-14-30-18-7-4-16(5-8-18)21(27)24-10-12-25(13-11-24)22-23-19-9-6-17(26(28)29)15-20(19)31-22/h4-9,15H,2-3,10-14H2,1H3. The van der Waals surface area contributed by atoms with E-state index in [-0.39, 0.29) is 11.6 Å². The number of rotatable bonds is 7. The molecular formula is C22H24N4O4S. The number of non-ortho nitro benzene ring substituents is 1. The molecule has 0 N–H and O–H groups in total. The third kappa shape index (κ3) is 4.77. The number of nitro groups is 1. The molecule has 8 nitrogen and oxygen atoms in total. The average molecular weight is 441 g/mol. The van der Waals surface area contributed by atoms with Crippen LogP contribution in [0.25, 0.3) is 10.2 Å². The fraction of sp³-hybridized carbons (Fsp3) is 0.364. The van der Waals surface area contributed by atoms with Crippen molar-refractivity contribution in [1.82, 2.24) is 9.88 Å². The first-order valence-electron chi connectivity index (χ1n) is 10.4. The van der Waals surface area contributed by atoms with E-state index in [0.29, 0.717) is 38.3 Å². The summed E-state index contributed by atoms with van der Waals surface area (Å²) in [6.45, 7) is 5.35. The van der Waals surface area contributed by atoms with Gasteiger partial charge >= 0.3 is 0 Å². The van der Waals surface area contributed by atoms with Crippen LogP contribution in [0.15, 0.2) is 42.5 Å². The van der Waals surface area contributed by atoms with Crippen LogP contribution in [0, 0.1) is 10.1 Å². The van der Waals surface area contributed by atoms with Crippen LogP contribution in [-0.2, 0) is 0 Å². The third-order valence-electron chi connectivity index (χ3n) is 5.28. The van der Waals surface area contributed by atoms with Crippen LogP contribution in [0.5, 0.6) is 5.75 Å². The second kappa shape index (κ2) is 9.30. The van der Waals surface area contributed by atoms with Crippen LogP contribution in [-0.4, -0.2) is 53.5 Å². The quantitative estimate of drug-likeness (QED) is 0.308. The van der Waals surface area contributed by atoms with Crippen molar-refractivity contribution in [3.8, 4) is 5.75 Å². The van der Waals surface area contributed by atoms with Gasteiger partial charge in [-0.3, -0.25) is 14.9 Å². The molecule has 1 aromatic heterocycles. The number of ether oxygens (including phenoxy) is 1. The van der Waals surface area contributed by atoms with Gasteiger partial charge in [0.2, 0.25) is 0 Å². The summed E-state index contributed by atoms with van der Waals surface area (Å²) in [5.74, 6) is 0.797. The number of piperazine rings is 1. The van der Waals surface area contributed by atoms with Crippen molar-refractivity contribution >= 4 is 38.3 Å². The normalized spacial score (nSPS) is 14.1. The van der Waals surface area contributed by atoms with Crippen LogP contribution < -0.4 is 9.64 Å². The van der Waals surface area contributed by atoms with Gasteiger partial charge in [0.15, 0.2) is 5.13 Å². The molecule has 4 rings (SSSR count). The van der Waals surface area contributed by atoms with Gasteiger partial charge in [-0.25, -0.2) is 4.98 Å². The van der Waals surface area contributed by atoms with E-state index in [1.165, 1.54) is 17.4 Å². The number of hydrogen-bond acceptors (Lipinski definition) is 7. The summed E-state index contributed by atoms with van der Waals surface area (Å²) in [4.78, 5) is 32.0. The molecule has 0 radical (unpaired) electrons. The lowest BCUT2D eigenvalue weighted by Gasteiger charge is -2.34. The molecule has 0 unspecified atom stereocenters. The van der Waals surface area contributed by atoms with Crippen molar-refractivity contribution < 1.29 is 14.5 Å². The lowest BCUT2D eigenvalue weighted by Crippen LogP contribution is -2.48. The zero-order valence-electron chi connectivity index (χ0n) is 17.3. The number of amides is 1. The van der Waals surface area contributed by atoms with Gasteiger partial charge < -0.3 is 14.5 Å². The lowest BCUT2D eigenvalue weighted by atomic mass is 10.1. The monoisotopic (exact) mass is 440 g/mol. The molecule has 1 amide bonds. The Labute approximate surface area is 184 Å². The Morgan fingerprint density at radius 2 is 1.90 bits per heavy atom. The second-order valence-electron chi connectivity index (χ2n) is 7.41. The smallest absolute Gasteiger partial charge is 0.270 e. The predicted molar refractivity (Wildman–Crippen MR) is 121 cm³/mol. The maximum Gasteiger partial charge on any atom is 0.270 e. The highest BCUT2D eigenvalue weighted by Gasteiger charge is 2.24. The number of hydrogen-bond donors (Lipinski definition) is 0. The SMILES string of the molecule is CCCCOc1ccc(C(=O)N2CCN(c3nc4ccc([N+](=O)[O-])cc4s3)CC2)cc1. The van der Waals surface area contributed by atoms with E-state index in [1.807, 2.05) is 29.2 Å². The van der Waals surface area contributed by atoms with Crippen LogP contribution in [0.4, 0.5) is 10.8 Å². The predicted octanol–water partition coefficient (Wildman–Crippen LogP) is 4.35. The van der Waals surface area contributed by atoms with Crippen molar-refractivity contribution in [2.45, 2.75) is 19.8 Å². The topological polar surface area (TPSA) is 88.8 Å². The minimum Gasteiger partial charge on any atom is -0.494 e. The fourth-order valence-corrected chi connectivity index (χ4v) is 4.51. The first-order valence-corrected chi connectivity index (χ1v) is 11.2. The van der Waals surface area contributed by atoms with Gasteiger partial charge in [-0.1, -0.05) is 24.7 Å². The molecular weight excluding hydrogens is 416 g/mol. The van der Waals surface area contributed by atoms with Gasteiger partial charge in [0.1, 0.15) is 5.75 Å². The minimum absolute atomic E-state index is 0.0136. The Bertz CT molecular complexity index is 1070. The van der Waals surface area contributed by atoms with E-state index < -0.39 is 4.92 Å². The highest BCUT2D eigenvalue weighted by atomic mass is 32.1. The average Bonchev–Trinajstić information content (AvgIpc) is 3.23. The van der Waals surface area contributed by atoms with Crippen LogP contribution in [0.3, 0.4) is 0 Å². The molecule has 162 valence electrons. The number of thiazole rings is 1. The van der Waals surface area contributed by atoms with Crippen LogP contribution >= 0.6 is 11.3 Å². The summed E-state index contributed by atoms with van der Waals surface area (Å²) in [7, 11) is 0. The first-order chi connectivity index (χ1) is 15.0. The molecule has 9 heteroatoms. The molecule has 2 aromatic carbocycles. The van der Waals surface area contributed by atoms with Gasteiger partial charge in [-0.05, 0) is 36.8 Å². The summed E-state index contributed by atoms with van der Waals surface area (Å²) < 4.78 is 6.46. The molecule has 1 saturated heterocycles. The maximum atomic E-state index is 12.8. The van der Waals surface area contributed by atoms with Gasteiger partial charge in [0.25, 0.3) is 11.6 Å². The van der Waals surface area contributed by atoms with E-state index in [4.69, 9.17) is 4.74 Å². The van der Waals surface area contributed by atoms with E-state index in [1.54, 1.807) is 12.1 Å². The van der Waals surface area contributed by atoms with Gasteiger partial charge in [0.05, 0.1) is 21.7 Å². The summed E-state index contributed by atoms with van der Waals surface area (Å²) in [5.41, 5.74) is 1.48. The Kier molecular flexibility index (Phi) is 6.31. The summed E-state index contributed by atoms with van der Waals surface area (Å²) in [6, 6.07) is 12.0.